The SMILES string of the molecule is CCCc1cc(NCC)nc(C(CCC)OCC)n1. The van der Waals surface area contributed by atoms with Crippen molar-refractivity contribution in [1.29, 1.82) is 0 Å². The molecule has 0 amide bonds. The van der Waals surface area contributed by atoms with Gasteiger partial charge in [-0.05, 0) is 26.7 Å². The largest absolute Gasteiger partial charge is 0.371 e. The van der Waals surface area contributed by atoms with Crippen LogP contribution in [0.3, 0.4) is 0 Å². The number of rotatable bonds is 9. The highest BCUT2D eigenvalue weighted by Crippen LogP contribution is 2.21. The van der Waals surface area contributed by atoms with E-state index in [-0.39, 0.29) is 6.10 Å². The molecule has 0 spiro atoms. The molecule has 0 saturated heterocycles. The van der Waals surface area contributed by atoms with E-state index >= 15 is 0 Å². The van der Waals surface area contributed by atoms with Gasteiger partial charge in [0, 0.05) is 24.9 Å². The Morgan fingerprint density at radius 3 is 2.53 bits per heavy atom. The van der Waals surface area contributed by atoms with Gasteiger partial charge < -0.3 is 10.1 Å². The monoisotopic (exact) mass is 265 g/mol. The summed E-state index contributed by atoms with van der Waals surface area (Å²) in [6.45, 7) is 9.99. The molecule has 0 aliphatic rings. The molecule has 0 aliphatic heterocycles. The summed E-state index contributed by atoms with van der Waals surface area (Å²) in [5, 5.41) is 3.28. The normalized spacial score (nSPS) is 12.4. The minimum atomic E-state index is 0.0178. The van der Waals surface area contributed by atoms with Crippen molar-refractivity contribution in [2.75, 3.05) is 18.5 Å². The third kappa shape index (κ3) is 5.15. The van der Waals surface area contributed by atoms with Crippen LogP contribution in [0.4, 0.5) is 5.82 Å². The molecule has 0 aromatic carbocycles. The number of anilines is 1. The molecule has 1 rings (SSSR count). The number of aryl methyl sites for hydroxylation is 1. The molecule has 1 aromatic heterocycles. The van der Waals surface area contributed by atoms with Gasteiger partial charge in [0.1, 0.15) is 11.9 Å². The highest BCUT2D eigenvalue weighted by atomic mass is 16.5. The maximum absolute atomic E-state index is 5.78. The first-order valence-electron chi connectivity index (χ1n) is 7.48. The van der Waals surface area contributed by atoms with Crippen molar-refractivity contribution in [3.63, 3.8) is 0 Å². The topological polar surface area (TPSA) is 47.0 Å². The van der Waals surface area contributed by atoms with Gasteiger partial charge in [-0.15, -0.1) is 0 Å². The smallest absolute Gasteiger partial charge is 0.159 e. The fraction of sp³-hybridized carbons (Fsp3) is 0.733. The summed E-state index contributed by atoms with van der Waals surface area (Å²) >= 11 is 0. The Morgan fingerprint density at radius 2 is 1.95 bits per heavy atom. The van der Waals surface area contributed by atoms with Crippen LogP contribution in [0.5, 0.6) is 0 Å². The Kier molecular flexibility index (Phi) is 7.41. The molecule has 1 aromatic rings. The van der Waals surface area contributed by atoms with Crippen molar-refractivity contribution in [1.82, 2.24) is 9.97 Å². The minimum Gasteiger partial charge on any atom is -0.371 e. The van der Waals surface area contributed by atoms with Crippen molar-refractivity contribution >= 4 is 5.82 Å². The number of ether oxygens (including phenoxy) is 1. The van der Waals surface area contributed by atoms with Gasteiger partial charge in [-0.2, -0.15) is 0 Å². The van der Waals surface area contributed by atoms with Gasteiger partial charge in [0.05, 0.1) is 0 Å². The third-order valence-electron chi connectivity index (χ3n) is 2.87. The molecule has 0 radical (unpaired) electrons. The summed E-state index contributed by atoms with van der Waals surface area (Å²) < 4.78 is 5.78. The predicted octanol–water partition coefficient (Wildman–Crippen LogP) is 3.74. The lowest BCUT2D eigenvalue weighted by atomic mass is 10.1. The Hall–Kier alpha value is -1.16. The second-order valence-electron chi connectivity index (χ2n) is 4.62. The number of hydrogen-bond donors (Lipinski definition) is 1. The maximum Gasteiger partial charge on any atom is 0.159 e. The number of hydrogen-bond acceptors (Lipinski definition) is 4. The molecular formula is C15H27N3O. The highest BCUT2D eigenvalue weighted by Gasteiger charge is 2.15. The first-order chi connectivity index (χ1) is 9.24. The van der Waals surface area contributed by atoms with E-state index in [1.165, 1.54) is 0 Å². The molecule has 1 atom stereocenters. The zero-order valence-electron chi connectivity index (χ0n) is 12.7. The Balaban J connectivity index is 3.00. The van der Waals surface area contributed by atoms with Gasteiger partial charge in [-0.25, -0.2) is 9.97 Å². The van der Waals surface area contributed by atoms with E-state index < -0.39 is 0 Å². The van der Waals surface area contributed by atoms with Crippen LogP contribution in [0, 0.1) is 0 Å². The van der Waals surface area contributed by atoms with Gasteiger partial charge in [0.25, 0.3) is 0 Å². The summed E-state index contributed by atoms with van der Waals surface area (Å²) in [6.07, 6.45) is 4.13. The maximum atomic E-state index is 5.78. The van der Waals surface area contributed by atoms with E-state index in [1.807, 2.05) is 13.0 Å². The van der Waals surface area contributed by atoms with Crippen LogP contribution in [0.25, 0.3) is 0 Å². The van der Waals surface area contributed by atoms with Crippen molar-refractivity contribution in [2.45, 2.75) is 59.5 Å². The molecule has 1 unspecified atom stereocenters. The Labute approximate surface area is 117 Å². The van der Waals surface area contributed by atoms with E-state index in [2.05, 4.69) is 36.1 Å². The van der Waals surface area contributed by atoms with Crippen LogP contribution in [0.15, 0.2) is 6.07 Å². The summed E-state index contributed by atoms with van der Waals surface area (Å²) in [6, 6.07) is 2.05. The lowest BCUT2D eigenvalue weighted by Gasteiger charge is -2.17. The summed E-state index contributed by atoms with van der Waals surface area (Å²) in [5.74, 6) is 1.74. The molecule has 1 N–H and O–H groups in total. The number of nitrogens with zero attached hydrogens (tertiary/aromatic N) is 2. The molecule has 4 nitrogen and oxygen atoms in total. The fourth-order valence-corrected chi connectivity index (χ4v) is 2.07. The molecule has 0 saturated carbocycles. The van der Waals surface area contributed by atoms with E-state index in [9.17, 15) is 0 Å². The summed E-state index contributed by atoms with van der Waals surface area (Å²) in [7, 11) is 0. The van der Waals surface area contributed by atoms with Crippen molar-refractivity contribution < 1.29 is 4.74 Å². The lowest BCUT2D eigenvalue weighted by molar-refractivity contribution is 0.0493. The quantitative estimate of drug-likeness (QED) is 0.739. The van der Waals surface area contributed by atoms with Crippen molar-refractivity contribution in [3.05, 3.63) is 17.6 Å². The van der Waals surface area contributed by atoms with Crippen LogP contribution in [-0.4, -0.2) is 23.1 Å². The van der Waals surface area contributed by atoms with Gasteiger partial charge >= 0.3 is 0 Å². The van der Waals surface area contributed by atoms with E-state index in [0.717, 1.165) is 49.6 Å². The fourth-order valence-electron chi connectivity index (χ4n) is 2.07. The predicted molar refractivity (Wildman–Crippen MR) is 79.5 cm³/mol. The molecule has 0 fully saturated rings. The first kappa shape index (κ1) is 15.9. The van der Waals surface area contributed by atoms with Crippen LogP contribution < -0.4 is 5.32 Å². The van der Waals surface area contributed by atoms with Gasteiger partial charge in [0.15, 0.2) is 5.82 Å². The molecule has 0 bridgehead atoms. The van der Waals surface area contributed by atoms with Gasteiger partial charge in [-0.3, -0.25) is 0 Å². The third-order valence-corrected chi connectivity index (χ3v) is 2.87. The molecule has 108 valence electrons. The zero-order valence-corrected chi connectivity index (χ0v) is 12.7. The lowest BCUT2D eigenvalue weighted by Crippen LogP contribution is -2.12. The summed E-state index contributed by atoms with van der Waals surface area (Å²) in [4.78, 5) is 9.26. The summed E-state index contributed by atoms with van der Waals surface area (Å²) in [5.41, 5.74) is 1.10. The van der Waals surface area contributed by atoms with E-state index in [0.29, 0.717) is 6.61 Å². The van der Waals surface area contributed by atoms with Gasteiger partial charge in [-0.1, -0.05) is 26.7 Å². The average Bonchev–Trinajstić information content (AvgIpc) is 2.39. The van der Waals surface area contributed by atoms with Crippen LogP contribution in [-0.2, 0) is 11.2 Å². The molecule has 1 heterocycles. The zero-order chi connectivity index (χ0) is 14.1. The average molecular weight is 265 g/mol. The minimum absolute atomic E-state index is 0.0178. The van der Waals surface area contributed by atoms with Gasteiger partial charge in [0.2, 0.25) is 0 Å². The van der Waals surface area contributed by atoms with Crippen LogP contribution in [0.2, 0.25) is 0 Å². The molecule has 4 heteroatoms. The second kappa shape index (κ2) is 8.86. The Morgan fingerprint density at radius 1 is 1.16 bits per heavy atom. The van der Waals surface area contributed by atoms with Crippen molar-refractivity contribution in [2.24, 2.45) is 0 Å². The highest BCUT2D eigenvalue weighted by molar-refractivity contribution is 5.36. The Bertz CT molecular complexity index is 338. The van der Waals surface area contributed by atoms with E-state index in [1.54, 1.807) is 0 Å². The second-order valence-corrected chi connectivity index (χ2v) is 4.62. The van der Waals surface area contributed by atoms with Crippen LogP contribution in [0.1, 0.15) is 64.6 Å². The standard InChI is InChI=1S/C15H27N3O/c1-5-9-12-11-14(16-7-3)18-15(17-12)13(10-6-2)19-8-4/h11,13H,5-10H2,1-4H3,(H,16,17,18). The van der Waals surface area contributed by atoms with E-state index in [4.69, 9.17) is 4.74 Å². The first-order valence-corrected chi connectivity index (χ1v) is 7.48. The molecular weight excluding hydrogens is 238 g/mol. The molecule has 19 heavy (non-hydrogen) atoms. The molecule has 0 aliphatic carbocycles. The number of nitrogens with one attached hydrogen (secondary N) is 1. The van der Waals surface area contributed by atoms with Crippen LogP contribution >= 0.6 is 0 Å². The number of aromatic nitrogens is 2. The van der Waals surface area contributed by atoms with Crippen molar-refractivity contribution in [3.8, 4) is 0 Å².